The van der Waals surface area contributed by atoms with Crippen molar-refractivity contribution in [2.24, 2.45) is 0 Å². The van der Waals surface area contributed by atoms with E-state index in [4.69, 9.17) is 33.2 Å². The Morgan fingerprint density at radius 2 is 0.980 bits per heavy atom. The molecule has 13 nitrogen and oxygen atoms in total. The van der Waals surface area contributed by atoms with Gasteiger partial charge >= 0.3 is 23.9 Å². The number of esters is 4. The summed E-state index contributed by atoms with van der Waals surface area (Å²) >= 11 is 0. The highest BCUT2D eigenvalue weighted by Crippen LogP contribution is 2.27. The average molecular weight is 687 g/mol. The molecule has 0 radical (unpaired) electrons. The van der Waals surface area contributed by atoms with Crippen molar-refractivity contribution in [3.05, 3.63) is 97.1 Å². The lowest BCUT2D eigenvalue weighted by atomic mass is 10.1. The van der Waals surface area contributed by atoms with E-state index < -0.39 is 23.9 Å². The first-order valence-electron chi connectivity index (χ1n) is 14.4. The highest BCUT2D eigenvalue weighted by atomic mass is 16.6. The third-order valence-corrected chi connectivity index (χ3v) is 5.71. The van der Waals surface area contributed by atoms with Gasteiger partial charge in [0, 0.05) is 43.6 Å². The van der Waals surface area contributed by atoms with E-state index in [1.165, 1.54) is 53.6 Å². The van der Waals surface area contributed by atoms with Crippen LogP contribution in [0.3, 0.4) is 0 Å². The summed E-state index contributed by atoms with van der Waals surface area (Å²) in [6.45, 7) is 18.3. The summed E-state index contributed by atoms with van der Waals surface area (Å²) in [6.07, 6.45) is 3.16. The fourth-order valence-corrected chi connectivity index (χ4v) is 3.29. The molecule has 0 aliphatic heterocycles. The molecular formula is C36H46O13. The van der Waals surface area contributed by atoms with E-state index in [0.29, 0.717) is 36.0 Å². The van der Waals surface area contributed by atoms with Gasteiger partial charge in [-0.25, -0.2) is 19.2 Å². The van der Waals surface area contributed by atoms with Gasteiger partial charge in [0.1, 0.15) is 29.1 Å². The molecular weight excluding hydrogens is 640 g/mol. The Morgan fingerprint density at radius 3 is 1.29 bits per heavy atom. The highest BCUT2D eigenvalue weighted by Gasteiger charge is 2.16. The van der Waals surface area contributed by atoms with Crippen LogP contribution in [0.2, 0.25) is 0 Å². The van der Waals surface area contributed by atoms with Crippen molar-refractivity contribution >= 4 is 23.9 Å². The summed E-state index contributed by atoms with van der Waals surface area (Å²) in [5.74, 6) is -0.955. The van der Waals surface area contributed by atoms with Crippen LogP contribution in [0, 0.1) is 0 Å². The lowest BCUT2D eigenvalue weighted by molar-refractivity contribution is -0.130. The molecule has 2 rings (SSSR count). The minimum absolute atomic E-state index is 0.0290. The van der Waals surface area contributed by atoms with Gasteiger partial charge in [0.15, 0.2) is 0 Å². The molecule has 0 unspecified atom stereocenters. The molecule has 0 N–H and O–H groups in total. The van der Waals surface area contributed by atoms with Crippen molar-refractivity contribution in [1.29, 1.82) is 0 Å². The summed E-state index contributed by atoms with van der Waals surface area (Å²) in [4.78, 5) is 45.8. The minimum Gasteiger partial charge on any atom is -0.496 e. The number of hydrogen-bond donors (Lipinski definition) is 0. The van der Waals surface area contributed by atoms with Crippen LogP contribution in [0.5, 0.6) is 23.0 Å². The van der Waals surface area contributed by atoms with E-state index in [9.17, 15) is 19.2 Å². The summed E-state index contributed by atoms with van der Waals surface area (Å²) in [5, 5.41) is 0. The lowest BCUT2D eigenvalue weighted by Crippen LogP contribution is -2.28. The predicted octanol–water partition coefficient (Wildman–Crippen LogP) is 5.33. The fourth-order valence-electron chi connectivity index (χ4n) is 3.29. The monoisotopic (exact) mass is 686 g/mol. The van der Waals surface area contributed by atoms with E-state index in [2.05, 4.69) is 35.8 Å². The average Bonchev–Trinajstić information content (AvgIpc) is 3.09. The molecule has 268 valence electrons. The van der Waals surface area contributed by atoms with Gasteiger partial charge in [-0.15, -0.1) is 13.2 Å². The number of rotatable bonds is 16. The first-order chi connectivity index (χ1) is 23.2. The van der Waals surface area contributed by atoms with Crippen LogP contribution in [0.15, 0.2) is 86.0 Å². The zero-order chi connectivity index (χ0) is 37.5. The maximum absolute atomic E-state index is 11.5. The zero-order valence-electron chi connectivity index (χ0n) is 29.3. The molecule has 0 aliphatic rings. The topological polar surface area (TPSA) is 151 Å². The van der Waals surface area contributed by atoms with E-state index in [0.717, 1.165) is 0 Å². The normalized spacial score (nSPS) is 9.84. The third-order valence-electron chi connectivity index (χ3n) is 5.71. The van der Waals surface area contributed by atoms with Crippen LogP contribution >= 0.6 is 0 Å². The van der Waals surface area contributed by atoms with Gasteiger partial charge in [-0.05, 0) is 32.0 Å². The van der Waals surface area contributed by atoms with Crippen LogP contribution in [-0.2, 0) is 33.3 Å². The summed E-state index contributed by atoms with van der Waals surface area (Å²) < 4.78 is 44.8. The Hall–Kier alpha value is -5.24. The van der Waals surface area contributed by atoms with Crippen LogP contribution in [0.4, 0.5) is 0 Å². The van der Waals surface area contributed by atoms with Crippen LogP contribution in [0.25, 0.3) is 0 Å². The first kappa shape index (κ1) is 43.8. The van der Waals surface area contributed by atoms with Gasteiger partial charge in [0.2, 0.25) is 0 Å². The maximum atomic E-state index is 11.5. The Morgan fingerprint density at radius 1 is 0.612 bits per heavy atom. The van der Waals surface area contributed by atoms with Crippen LogP contribution in [-0.4, -0.2) is 92.0 Å². The van der Waals surface area contributed by atoms with E-state index in [1.807, 2.05) is 0 Å². The molecule has 0 spiro atoms. The minimum atomic E-state index is -0.664. The second-order valence-electron chi connectivity index (χ2n) is 9.72. The second-order valence-corrected chi connectivity index (χ2v) is 9.72. The number of carbonyl (C=O) groups is 4. The fraction of sp³-hybridized carbons (Fsp3) is 0.333. The molecule has 0 saturated carbocycles. The Balaban J connectivity index is 0.000000724. The van der Waals surface area contributed by atoms with E-state index in [1.54, 1.807) is 51.5 Å². The van der Waals surface area contributed by atoms with Gasteiger partial charge in [0.05, 0.1) is 58.9 Å². The molecule has 0 saturated heterocycles. The molecule has 13 heteroatoms. The number of methoxy groups -OCH3 is 6. The Bertz CT molecular complexity index is 1370. The molecule has 2 aromatic carbocycles. The lowest BCUT2D eigenvalue weighted by Gasteiger charge is -2.19. The Kier molecular flexibility index (Phi) is 21.4. The molecule has 0 amide bonds. The molecule has 49 heavy (non-hydrogen) atoms. The van der Waals surface area contributed by atoms with E-state index >= 15 is 0 Å². The molecule has 0 bridgehead atoms. The molecule has 0 atom stereocenters. The van der Waals surface area contributed by atoms with Crippen LogP contribution < -0.4 is 18.9 Å². The number of carbonyl (C=O) groups excluding carboxylic acids is 4. The zero-order valence-corrected chi connectivity index (χ0v) is 29.3. The van der Waals surface area contributed by atoms with Crippen molar-refractivity contribution < 1.29 is 61.8 Å². The number of hydrogen-bond acceptors (Lipinski definition) is 13. The second kappa shape index (κ2) is 24.0. The van der Waals surface area contributed by atoms with E-state index in [-0.39, 0.29) is 34.7 Å². The van der Waals surface area contributed by atoms with Gasteiger partial charge in [-0.3, -0.25) is 0 Å². The molecule has 0 heterocycles. The predicted molar refractivity (Wildman–Crippen MR) is 182 cm³/mol. The molecule has 0 aromatic heterocycles. The summed E-state index contributed by atoms with van der Waals surface area (Å²) in [5.41, 5.74) is 0.662. The van der Waals surface area contributed by atoms with Gasteiger partial charge in [0.25, 0.3) is 0 Å². The van der Waals surface area contributed by atoms with Crippen molar-refractivity contribution in [2.75, 3.05) is 55.9 Å². The molecule has 0 aliphatic carbocycles. The van der Waals surface area contributed by atoms with Crippen molar-refractivity contribution in [1.82, 2.24) is 0 Å². The largest absolute Gasteiger partial charge is 0.496 e. The molecule has 2 aromatic rings. The standard InChI is InChI=1S/C14H14O6.C12H14O4.C10H18O3/c1-8(2)12(15)20-11-6-9(13(16)18-3)5-10(7-11)14(17)19-4;1-8(2)12(13)16-11-6-9(14-3)5-10(7-11)15-4;1-5-9(6-2)13-10(7-11-3)8-12-4/h5-7H,1H2,2-4H3;5-7H,1H2,2-4H3;5-6,9-10H,1-2,7-8H2,3-4H3. The first-order valence-corrected chi connectivity index (χ1v) is 14.4. The smallest absolute Gasteiger partial charge is 0.338 e. The number of ether oxygens (including phenoxy) is 9. The highest BCUT2D eigenvalue weighted by molar-refractivity contribution is 5.97. The summed E-state index contributed by atoms with van der Waals surface area (Å²) in [7, 11) is 8.71. The quantitative estimate of drug-likeness (QED) is 0.0969. The van der Waals surface area contributed by atoms with Crippen molar-refractivity contribution in [3.8, 4) is 23.0 Å². The van der Waals surface area contributed by atoms with Gasteiger partial charge < -0.3 is 42.6 Å². The third kappa shape index (κ3) is 16.9. The van der Waals surface area contributed by atoms with Crippen LogP contribution in [0.1, 0.15) is 34.6 Å². The van der Waals surface area contributed by atoms with Gasteiger partial charge in [-0.1, -0.05) is 25.3 Å². The maximum Gasteiger partial charge on any atom is 0.338 e. The van der Waals surface area contributed by atoms with Crippen molar-refractivity contribution in [2.45, 2.75) is 26.1 Å². The van der Waals surface area contributed by atoms with Gasteiger partial charge in [-0.2, -0.15) is 0 Å². The summed E-state index contributed by atoms with van der Waals surface area (Å²) in [6, 6.07) is 8.76. The molecule has 0 fully saturated rings. The SMILES string of the molecule is C=C(C)C(=O)Oc1cc(C(=O)OC)cc(C(=O)OC)c1.C=C(C)C(=O)Oc1cc(OC)cc(OC)c1.C=CC(C=C)OC(COC)COC. The number of benzene rings is 2. The Labute approximate surface area is 287 Å². The van der Waals surface area contributed by atoms with Crippen molar-refractivity contribution in [3.63, 3.8) is 0 Å².